The number of aromatic nitrogens is 2. The number of benzene rings is 1. The fourth-order valence-electron chi connectivity index (χ4n) is 1.48. The maximum atomic E-state index is 12.7. The van der Waals surface area contributed by atoms with E-state index in [2.05, 4.69) is 10.2 Å². The number of nitrogens with zero attached hydrogens (tertiary/aromatic N) is 1. The standard InChI is InChI=1S/C10H11FN4/c11-7-3-1-6(2-4-7)9-8(5-12)14-15-10(9)13/h1-4H,5,12H2,(H3,13,14,15). The van der Waals surface area contributed by atoms with Crippen molar-refractivity contribution in [2.75, 3.05) is 5.73 Å². The van der Waals surface area contributed by atoms with Crippen molar-refractivity contribution in [1.82, 2.24) is 10.2 Å². The van der Waals surface area contributed by atoms with Crippen LogP contribution in [0.4, 0.5) is 10.2 Å². The molecule has 78 valence electrons. The second-order valence-electron chi connectivity index (χ2n) is 3.17. The summed E-state index contributed by atoms with van der Waals surface area (Å²) in [6, 6.07) is 6.05. The van der Waals surface area contributed by atoms with Crippen LogP contribution in [0.2, 0.25) is 0 Å². The van der Waals surface area contributed by atoms with Gasteiger partial charge in [-0.1, -0.05) is 12.1 Å². The van der Waals surface area contributed by atoms with Crippen molar-refractivity contribution in [3.63, 3.8) is 0 Å². The Kier molecular flexibility index (Phi) is 2.39. The van der Waals surface area contributed by atoms with Gasteiger partial charge in [-0.2, -0.15) is 5.10 Å². The van der Waals surface area contributed by atoms with E-state index in [1.165, 1.54) is 12.1 Å². The minimum Gasteiger partial charge on any atom is -0.382 e. The van der Waals surface area contributed by atoms with Crippen LogP contribution in [0.3, 0.4) is 0 Å². The summed E-state index contributed by atoms with van der Waals surface area (Å²) in [6.45, 7) is 0.316. The summed E-state index contributed by atoms with van der Waals surface area (Å²) in [5, 5.41) is 6.61. The third-order valence-electron chi connectivity index (χ3n) is 2.21. The zero-order valence-electron chi connectivity index (χ0n) is 8.00. The largest absolute Gasteiger partial charge is 0.382 e. The molecule has 1 heterocycles. The first-order chi connectivity index (χ1) is 7.22. The average molecular weight is 206 g/mol. The van der Waals surface area contributed by atoms with Crippen LogP contribution in [-0.2, 0) is 6.54 Å². The van der Waals surface area contributed by atoms with Gasteiger partial charge < -0.3 is 11.5 Å². The Morgan fingerprint density at radius 2 is 1.93 bits per heavy atom. The van der Waals surface area contributed by atoms with Gasteiger partial charge in [0.1, 0.15) is 5.82 Å². The molecule has 1 aromatic heterocycles. The molecule has 0 radical (unpaired) electrons. The fourth-order valence-corrected chi connectivity index (χ4v) is 1.48. The highest BCUT2D eigenvalue weighted by Crippen LogP contribution is 2.27. The quantitative estimate of drug-likeness (QED) is 0.691. The maximum Gasteiger partial charge on any atom is 0.153 e. The fraction of sp³-hybridized carbons (Fsp3) is 0.100. The molecule has 4 nitrogen and oxygen atoms in total. The topological polar surface area (TPSA) is 80.7 Å². The molecule has 15 heavy (non-hydrogen) atoms. The minimum absolute atomic E-state index is 0.282. The lowest BCUT2D eigenvalue weighted by Gasteiger charge is -2.02. The van der Waals surface area contributed by atoms with Gasteiger partial charge in [0.15, 0.2) is 5.82 Å². The van der Waals surface area contributed by atoms with Crippen LogP contribution in [0.5, 0.6) is 0 Å². The van der Waals surface area contributed by atoms with E-state index in [0.717, 1.165) is 16.8 Å². The van der Waals surface area contributed by atoms with Crippen LogP contribution in [-0.4, -0.2) is 10.2 Å². The summed E-state index contributed by atoms with van der Waals surface area (Å²) in [6.07, 6.45) is 0. The molecule has 0 atom stereocenters. The van der Waals surface area contributed by atoms with Gasteiger partial charge in [0.25, 0.3) is 0 Å². The summed E-state index contributed by atoms with van der Waals surface area (Å²) in [5.74, 6) is 0.0946. The highest BCUT2D eigenvalue weighted by molar-refractivity contribution is 5.76. The lowest BCUT2D eigenvalue weighted by Crippen LogP contribution is -1.99. The van der Waals surface area contributed by atoms with Crippen LogP contribution in [0.1, 0.15) is 5.69 Å². The van der Waals surface area contributed by atoms with Crippen LogP contribution < -0.4 is 11.5 Å². The molecule has 0 aliphatic carbocycles. The van der Waals surface area contributed by atoms with E-state index in [1.54, 1.807) is 12.1 Å². The number of H-pyrrole nitrogens is 1. The average Bonchev–Trinajstić information content (AvgIpc) is 2.61. The van der Waals surface area contributed by atoms with Crippen molar-refractivity contribution in [3.8, 4) is 11.1 Å². The smallest absolute Gasteiger partial charge is 0.153 e. The molecular weight excluding hydrogens is 195 g/mol. The lowest BCUT2D eigenvalue weighted by atomic mass is 10.1. The second-order valence-corrected chi connectivity index (χ2v) is 3.17. The summed E-state index contributed by atoms with van der Waals surface area (Å²) >= 11 is 0. The molecule has 2 aromatic rings. The first-order valence-corrected chi connectivity index (χ1v) is 4.51. The number of hydrogen-bond donors (Lipinski definition) is 3. The van der Waals surface area contributed by atoms with E-state index in [4.69, 9.17) is 11.5 Å². The molecule has 0 aliphatic rings. The number of rotatable bonds is 2. The normalized spacial score (nSPS) is 10.5. The van der Waals surface area contributed by atoms with Crippen molar-refractivity contribution in [2.24, 2.45) is 5.73 Å². The van der Waals surface area contributed by atoms with Gasteiger partial charge >= 0.3 is 0 Å². The summed E-state index contributed by atoms with van der Waals surface area (Å²) in [4.78, 5) is 0. The minimum atomic E-state index is -0.282. The summed E-state index contributed by atoms with van der Waals surface area (Å²) in [7, 11) is 0. The number of anilines is 1. The Hall–Kier alpha value is -1.88. The monoisotopic (exact) mass is 206 g/mol. The number of nitrogens with one attached hydrogen (secondary N) is 1. The van der Waals surface area contributed by atoms with E-state index in [9.17, 15) is 4.39 Å². The molecule has 5 heteroatoms. The molecule has 0 aliphatic heterocycles. The Bertz CT molecular complexity index is 461. The highest BCUT2D eigenvalue weighted by Gasteiger charge is 2.11. The van der Waals surface area contributed by atoms with Crippen LogP contribution >= 0.6 is 0 Å². The van der Waals surface area contributed by atoms with Crippen molar-refractivity contribution in [3.05, 3.63) is 35.8 Å². The Morgan fingerprint density at radius 1 is 1.27 bits per heavy atom. The Morgan fingerprint density at radius 3 is 2.53 bits per heavy atom. The molecule has 0 unspecified atom stereocenters. The van der Waals surface area contributed by atoms with Gasteiger partial charge in [0, 0.05) is 12.1 Å². The third-order valence-corrected chi connectivity index (χ3v) is 2.21. The number of hydrogen-bond acceptors (Lipinski definition) is 3. The number of halogens is 1. The Balaban J connectivity index is 2.52. The van der Waals surface area contributed by atoms with Crippen molar-refractivity contribution in [2.45, 2.75) is 6.54 Å². The second kappa shape index (κ2) is 3.70. The molecule has 2 rings (SSSR count). The SMILES string of the molecule is NCc1[nH]nc(N)c1-c1ccc(F)cc1. The zero-order chi connectivity index (χ0) is 10.8. The van der Waals surface area contributed by atoms with Gasteiger partial charge in [-0.05, 0) is 17.7 Å². The van der Waals surface area contributed by atoms with E-state index in [-0.39, 0.29) is 5.82 Å². The van der Waals surface area contributed by atoms with Gasteiger partial charge in [0.2, 0.25) is 0 Å². The van der Waals surface area contributed by atoms with Crippen molar-refractivity contribution in [1.29, 1.82) is 0 Å². The molecule has 0 amide bonds. The van der Waals surface area contributed by atoms with Crippen LogP contribution in [0, 0.1) is 5.82 Å². The maximum absolute atomic E-state index is 12.7. The van der Waals surface area contributed by atoms with Gasteiger partial charge in [0.05, 0.1) is 5.69 Å². The van der Waals surface area contributed by atoms with E-state index in [0.29, 0.717) is 12.4 Å². The number of nitrogens with two attached hydrogens (primary N) is 2. The molecule has 0 saturated carbocycles. The molecule has 0 saturated heterocycles. The van der Waals surface area contributed by atoms with Gasteiger partial charge in [-0.15, -0.1) is 0 Å². The number of aromatic amines is 1. The third kappa shape index (κ3) is 1.69. The molecular formula is C10H11FN4. The van der Waals surface area contributed by atoms with Gasteiger partial charge in [-0.3, -0.25) is 5.10 Å². The summed E-state index contributed by atoms with van der Waals surface area (Å²) in [5.41, 5.74) is 13.5. The lowest BCUT2D eigenvalue weighted by molar-refractivity contribution is 0.628. The van der Waals surface area contributed by atoms with Crippen molar-refractivity contribution >= 4 is 5.82 Å². The first-order valence-electron chi connectivity index (χ1n) is 4.51. The zero-order valence-corrected chi connectivity index (χ0v) is 8.00. The molecule has 0 spiro atoms. The van der Waals surface area contributed by atoms with Crippen LogP contribution in [0.15, 0.2) is 24.3 Å². The molecule has 5 N–H and O–H groups in total. The van der Waals surface area contributed by atoms with E-state index < -0.39 is 0 Å². The van der Waals surface area contributed by atoms with Crippen molar-refractivity contribution < 1.29 is 4.39 Å². The van der Waals surface area contributed by atoms with E-state index in [1.807, 2.05) is 0 Å². The number of nitrogen functional groups attached to an aromatic ring is 1. The Labute approximate surface area is 86.1 Å². The van der Waals surface area contributed by atoms with Crippen LogP contribution in [0.25, 0.3) is 11.1 Å². The summed E-state index contributed by atoms with van der Waals surface area (Å²) < 4.78 is 12.7. The molecule has 1 aromatic carbocycles. The highest BCUT2D eigenvalue weighted by atomic mass is 19.1. The predicted molar refractivity (Wildman–Crippen MR) is 56.3 cm³/mol. The van der Waals surface area contributed by atoms with E-state index >= 15 is 0 Å². The molecule has 0 bridgehead atoms. The first kappa shape index (κ1) is 9.67. The molecule has 0 fully saturated rings. The van der Waals surface area contributed by atoms with Gasteiger partial charge in [-0.25, -0.2) is 4.39 Å². The predicted octanol–water partition coefficient (Wildman–Crippen LogP) is 1.26.